The second-order valence-electron chi connectivity index (χ2n) is 7.65. The molecule has 0 bridgehead atoms. The third-order valence-electron chi connectivity index (χ3n) is 5.17. The normalized spacial score (nSPS) is 13.8. The number of carbonyl (C=O) groups excluding carboxylic acids is 1. The molecule has 32 heavy (non-hydrogen) atoms. The number of nitrogens with one attached hydrogen (secondary N) is 1. The fourth-order valence-electron chi connectivity index (χ4n) is 3.35. The van der Waals surface area contributed by atoms with E-state index in [1.807, 2.05) is 73.8 Å². The minimum atomic E-state index is -0.194. The summed E-state index contributed by atoms with van der Waals surface area (Å²) in [5.74, 6) is 0.441. The molecule has 0 unspecified atom stereocenters. The van der Waals surface area contributed by atoms with Crippen molar-refractivity contribution in [3.63, 3.8) is 0 Å². The number of carbonyl (C=O) groups is 1. The largest absolute Gasteiger partial charge is 0.484 e. The molecule has 0 saturated carbocycles. The van der Waals surface area contributed by atoms with Crippen LogP contribution >= 0.6 is 0 Å². The fourth-order valence-corrected chi connectivity index (χ4v) is 3.35. The lowest BCUT2D eigenvalue weighted by Gasteiger charge is -2.28. The van der Waals surface area contributed by atoms with Crippen LogP contribution in [0.25, 0.3) is 0 Å². The Bertz CT molecular complexity index is 1040. The van der Waals surface area contributed by atoms with E-state index in [9.17, 15) is 4.79 Å². The minimum absolute atomic E-state index is 0.0448. The lowest BCUT2D eigenvalue weighted by atomic mass is 10.2. The van der Waals surface area contributed by atoms with Gasteiger partial charge >= 0.3 is 0 Å². The number of hydrogen-bond acceptors (Lipinski definition) is 5. The first kappa shape index (κ1) is 21.6. The Morgan fingerprint density at radius 3 is 2.38 bits per heavy atom. The van der Waals surface area contributed by atoms with Crippen LogP contribution in [0.2, 0.25) is 0 Å². The second kappa shape index (κ2) is 10.6. The topological polar surface area (TPSA) is 63.2 Å². The van der Waals surface area contributed by atoms with Gasteiger partial charge in [-0.3, -0.25) is 9.79 Å². The number of aryl methyl sites for hydroxylation is 1. The van der Waals surface area contributed by atoms with Gasteiger partial charge in [-0.25, -0.2) is 0 Å². The van der Waals surface area contributed by atoms with Crippen LogP contribution in [0, 0.1) is 6.92 Å². The molecular weight excluding hydrogens is 402 g/mol. The predicted octanol–water partition coefficient (Wildman–Crippen LogP) is 4.60. The number of rotatable bonds is 7. The van der Waals surface area contributed by atoms with Crippen LogP contribution in [0.4, 0.5) is 17.1 Å². The number of aliphatic imine (C=N–C) groups is 1. The molecule has 0 aliphatic carbocycles. The second-order valence-corrected chi connectivity index (χ2v) is 7.65. The van der Waals surface area contributed by atoms with E-state index in [0.717, 1.165) is 48.8 Å². The molecule has 6 heteroatoms. The first-order valence-electron chi connectivity index (χ1n) is 10.7. The van der Waals surface area contributed by atoms with Crippen molar-refractivity contribution >= 4 is 29.2 Å². The van der Waals surface area contributed by atoms with Crippen molar-refractivity contribution < 1.29 is 14.3 Å². The maximum atomic E-state index is 12.1. The van der Waals surface area contributed by atoms with E-state index in [-0.39, 0.29) is 12.5 Å². The Kier molecular flexibility index (Phi) is 7.15. The first-order chi connectivity index (χ1) is 15.7. The van der Waals surface area contributed by atoms with Crippen LogP contribution in [0.5, 0.6) is 5.75 Å². The fraction of sp³-hybridized carbons (Fsp3) is 0.231. The molecule has 3 aromatic rings. The molecule has 164 valence electrons. The van der Waals surface area contributed by atoms with Gasteiger partial charge in [0.15, 0.2) is 6.61 Å². The highest BCUT2D eigenvalue weighted by Gasteiger charge is 2.10. The molecule has 1 amide bonds. The van der Waals surface area contributed by atoms with Crippen LogP contribution in [0.15, 0.2) is 77.8 Å². The van der Waals surface area contributed by atoms with E-state index < -0.39 is 0 Å². The highest BCUT2D eigenvalue weighted by Crippen LogP contribution is 2.21. The Balaban J connectivity index is 1.26. The summed E-state index contributed by atoms with van der Waals surface area (Å²) in [6, 6.07) is 23.4. The Morgan fingerprint density at radius 1 is 1.00 bits per heavy atom. The molecule has 0 spiro atoms. The van der Waals surface area contributed by atoms with Gasteiger partial charge in [-0.05, 0) is 73.2 Å². The molecule has 1 fully saturated rings. The third kappa shape index (κ3) is 6.18. The summed E-state index contributed by atoms with van der Waals surface area (Å²) in [7, 11) is 0. The zero-order valence-corrected chi connectivity index (χ0v) is 18.2. The van der Waals surface area contributed by atoms with Gasteiger partial charge in [0.2, 0.25) is 0 Å². The molecule has 0 atom stereocenters. The number of ether oxygens (including phenoxy) is 2. The predicted molar refractivity (Wildman–Crippen MR) is 128 cm³/mol. The average molecular weight is 430 g/mol. The molecule has 4 rings (SSSR count). The highest BCUT2D eigenvalue weighted by atomic mass is 16.5. The molecule has 3 aromatic carbocycles. The van der Waals surface area contributed by atoms with Gasteiger partial charge in [0.05, 0.1) is 18.9 Å². The van der Waals surface area contributed by atoms with Gasteiger partial charge in [0.1, 0.15) is 5.75 Å². The minimum Gasteiger partial charge on any atom is -0.484 e. The van der Waals surface area contributed by atoms with Gasteiger partial charge in [-0.2, -0.15) is 0 Å². The first-order valence-corrected chi connectivity index (χ1v) is 10.7. The molecule has 0 aromatic heterocycles. The zero-order chi connectivity index (χ0) is 22.2. The monoisotopic (exact) mass is 429 g/mol. The number of hydrogen-bond donors (Lipinski definition) is 1. The highest BCUT2D eigenvalue weighted by molar-refractivity contribution is 5.91. The standard InChI is InChI=1S/C26H27N3O3/c1-20-2-6-23(7-3-20)28-26(30)19-32-25-12-4-21(5-13-25)18-27-22-8-10-24(11-9-22)29-14-16-31-17-15-29/h2-13,18H,14-17,19H2,1H3,(H,28,30). The summed E-state index contributed by atoms with van der Waals surface area (Å²) < 4.78 is 11.0. The van der Waals surface area contributed by atoms with Crippen molar-refractivity contribution in [1.82, 2.24) is 0 Å². The molecule has 1 N–H and O–H groups in total. The quantitative estimate of drug-likeness (QED) is 0.558. The molecule has 1 aliphatic heterocycles. The van der Waals surface area contributed by atoms with Crippen LogP contribution in [0.3, 0.4) is 0 Å². The molecule has 6 nitrogen and oxygen atoms in total. The summed E-state index contributed by atoms with van der Waals surface area (Å²) in [6.45, 7) is 5.35. The van der Waals surface area contributed by atoms with Crippen molar-refractivity contribution in [3.05, 3.63) is 83.9 Å². The van der Waals surface area contributed by atoms with Crippen LogP contribution in [-0.2, 0) is 9.53 Å². The van der Waals surface area contributed by atoms with E-state index in [1.54, 1.807) is 0 Å². The molecule has 1 aliphatic rings. The summed E-state index contributed by atoms with van der Waals surface area (Å²) >= 11 is 0. The van der Waals surface area contributed by atoms with Crippen LogP contribution < -0.4 is 15.0 Å². The van der Waals surface area contributed by atoms with Gasteiger partial charge in [-0.1, -0.05) is 17.7 Å². The summed E-state index contributed by atoms with van der Waals surface area (Å²) in [5.41, 5.74) is 4.95. The van der Waals surface area contributed by atoms with Crippen LogP contribution in [-0.4, -0.2) is 45.0 Å². The average Bonchev–Trinajstić information content (AvgIpc) is 2.84. The van der Waals surface area contributed by atoms with Crippen molar-refractivity contribution in [3.8, 4) is 5.75 Å². The van der Waals surface area contributed by atoms with Crippen molar-refractivity contribution in [1.29, 1.82) is 0 Å². The van der Waals surface area contributed by atoms with Crippen molar-refractivity contribution in [2.45, 2.75) is 6.92 Å². The number of nitrogens with zero attached hydrogens (tertiary/aromatic N) is 2. The molecule has 1 saturated heterocycles. The summed E-state index contributed by atoms with van der Waals surface area (Å²) in [6.07, 6.45) is 1.82. The van der Waals surface area contributed by atoms with Gasteiger partial charge in [0, 0.05) is 30.7 Å². The Labute approximate surface area is 188 Å². The van der Waals surface area contributed by atoms with E-state index in [4.69, 9.17) is 9.47 Å². The van der Waals surface area contributed by atoms with Gasteiger partial charge in [0.25, 0.3) is 5.91 Å². The van der Waals surface area contributed by atoms with E-state index in [2.05, 4.69) is 27.3 Å². The van der Waals surface area contributed by atoms with Crippen molar-refractivity contribution in [2.24, 2.45) is 4.99 Å². The number of morpholine rings is 1. The maximum Gasteiger partial charge on any atom is 0.262 e. The number of anilines is 2. The Hall–Kier alpha value is -3.64. The van der Waals surface area contributed by atoms with Gasteiger partial charge in [-0.15, -0.1) is 0 Å². The lowest BCUT2D eigenvalue weighted by Crippen LogP contribution is -2.36. The van der Waals surface area contributed by atoms with Crippen LogP contribution in [0.1, 0.15) is 11.1 Å². The Morgan fingerprint density at radius 2 is 1.69 bits per heavy atom. The molecule has 0 radical (unpaired) electrons. The number of amides is 1. The SMILES string of the molecule is Cc1ccc(NC(=O)COc2ccc(C=Nc3ccc(N4CCOCC4)cc3)cc2)cc1. The summed E-state index contributed by atoms with van der Waals surface area (Å²) in [5, 5.41) is 2.82. The van der Waals surface area contributed by atoms with E-state index in [1.165, 1.54) is 5.69 Å². The molecular formula is C26H27N3O3. The van der Waals surface area contributed by atoms with Crippen molar-refractivity contribution in [2.75, 3.05) is 43.1 Å². The summed E-state index contributed by atoms with van der Waals surface area (Å²) in [4.78, 5) is 18.9. The number of benzene rings is 3. The molecule has 1 heterocycles. The smallest absolute Gasteiger partial charge is 0.262 e. The van der Waals surface area contributed by atoms with E-state index in [0.29, 0.717) is 5.75 Å². The zero-order valence-electron chi connectivity index (χ0n) is 18.2. The third-order valence-corrected chi connectivity index (χ3v) is 5.17. The van der Waals surface area contributed by atoms with Gasteiger partial charge < -0.3 is 19.7 Å². The maximum absolute atomic E-state index is 12.1. The van der Waals surface area contributed by atoms with E-state index >= 15 is 0 Å². The lowest BCUT2D eigenvalue weighted by molar-refractivity contribution is -0.118.